The Bertz CT molecular complexity index is 630. The Morgan fingerprint density at radius 3 is 2.81 bits per heavy atom. The molecule has 110 valence electrons. The number of nitrogens with one attached hydrogen (secondary N) is 2. The molecule has 2 N–H and O–H groups in total. The predicted octanol–water partition coefficient (Wildman–Crippen LogP) is 1.09. The molecule has 4 amide bonds. The standard InChI is InChI=1S/C14H15N3O4/c1-2-21-13(20)17-8-7-14(11(18)15-12(19)16-14)9-5-3-4-6-10(9)17/h3-6H,2,7-8H2,1H3,(H2,15,16,18,19). The molecule has 1 saturated heterocycles. The van der Waals surface area contributed by atoms with E-state index in [-0.39, 0.29) is 12.5 Å². The summed E-state index contributed by atoms with van der Waals surface area (Å²) >= 11 is 0. The van der Waals surface area contributed by atoms with Crippen molar-refractivity contribution in [2.45, 2.75) is 18.9 Å². The second kappa shape index (κ2) is 4.76. The highest BCUT2D eigenvalue weighted by Gasteiger charge is 2.51. The maximum atomic E-state index is 12.2. The second-order valence-electron chi connectivity index (χ2n) is 4.93. The van der Waals surface area contributed by atoms with Crippen LogP contribution in [0.15, 0.2) is 24.3 Å². The third-order valence-electron chi connectivity index (χ3n) is 3.79. The van der Waals surface area contributed by atoms with E-state index in [1.165, 1.54) is 4.90 Å². The third kappa shape index (κ3) is 1.93. The van der Waals surface area contributed by atoms with Crippen molar-refractivity contribution in [3.8, 4) is 0 Å². The van der Waals surface area contributed by atoms with Crippen molar-refractivity contribution in [3.05, 3.63) is 29.8 Å². The maximum Gasteiger partial charge on any atom is 0.414 e. The molecule has 7 nitrogen and oxygen atoms in total. The van der Waals surface area contributed by atoms with E-state index < -0.39 is 17.7 Å². The molecule has 1 unspecified atom stereocenters. The van der Waals surface area contributed by atoms with Crippen LogP contribution in [-0.4, -0.2) is 31.2 Å². The number of urea groups is 1. The van der Waals surface area contributed by atoms with Crippen LogP contribution < -0.4 is 15.5 Å². The van der Waals surface area contributed by atoms with Gasteiger partial charge < -0.3 is 10.1 Å². The molecule has 1 fully saturated rings. The van der Waals surface area contributed by atoms with Crippen molar-refractivity contribution in [1.82, 2.24) is 10.6 Å². The number of carbonyl (C=O) groups excluding carboxylic acids is 3. The number of ether oxygens (including phenoxy) is 1. The van der Waals surface area contributed by atoms with Gasteiger partial charge in [0.2, 0.25) is 0 Å². The van der Waals surface area contributed by atoms with Crippen molar-refractivity contribution in [1.29, 1.82) is 0 Å². The second-order valence-corrected chi connectivity index (χ2v) is 4.93. The molecule has 3 rings (SSSR count). The summed E-state index contributed by atoms with van der Waals surface area (Å²) in [6.07, 6.45) is -0.148. The molecule has 7 heteroatoms. The molecular formula is C14H15N3O4. The molecule has 0 bridgehead atoms. The monoisotopic (exact) mass is 289 g/mol. The van der Waals surface area contributed by atoms with E-state index in [0.29, 0.717) is 24.2 Å². The quantitative estimate of drug-likeness (QED) is 0.757. The van der Waals surface area contributed by atoms with Crippen molar-refractivity contribution in [2.24, 2.45) is 0 Å². The Morgan fingerprint density at radius 2 is 2.14 bits per heavy atom. The summed E-state index contributed by atoms with van der Waals surface area (Å²) in [5, 5.41) is 4.95. The van der Waals surface area contributed by atoms with Crippen LogP contribution in [0.4, 0.5) is 15.3 Å². The average molecular weight is 289 g/mol. The number of para-hydroxylation sites is 1. The van der Waals surface area contributed by atoms with Gasteiger partial charge in [-0.15, -0.1) is 0 Å². The van der Waals surface area contributed by atoms with Crippen LogP contribution in [0.3, 0.4) is 0 Å². The summed E-state index contributed by atoms with van der Waals surface area (Å²) < 4.78 is 5.04. The van der Waals surface area contributed by atoms with Gasteiger partial charge >= 0.3 is 12.1 Å². The van der Waals surface area contributed by atoms with Crippen LogP contribution in [-0.2, 0) is 15.1 Å². The first-order valence-corrected chi connectivity index (χ1v) is 6.76. The smallest absolute Gasteiger partial charge is 0.414 e. The van der Waals surface area contributed by atoms with Crippen LogP contribution in [0.2, 0.25) is 0 Å². The number of amides is 4. The molecule has 1 atom stereocenters. The lowest BCUT2D eigenvalue weighted by Crippen LogP contribution is -2.52. The summed E-state index contributed by atoms with van der Waals surface area (Å²) in [5.74, 6) is -0.386. The van der Waals surface area contributed by atoms with Gasteiger partial charge in [-0.2, -0.15) is 0 Å². The minimum atomic E-state index is -1.10. The number of benzene rings is 1. The maximum absolute atomic E-state index is 12.2. The summed E-state index contributed by atoms with van der Waals surface area (Å²) in [6.45, 7) is 2.31. The van der Waals surface area contributed by atoms with Gasteiger partial charge in [0.05, 0.1) is 12.3 Å². The minimum absolute atomic E-state index is 0.278. The number of fused-ring (bicyclic) bond motifs is 2. The van der Waals surface area contributed by atoms with Crippen LogP contribution in [0, 0.1) is 0 Å². The number of nitrogens with zero attached hydrogens (tertiary/aromatic N) is 1. The summed E-state index contributed by atoms with van der Waals surface area (Å²) in [5.41, 5.74) is 0.0867. The molecule has 0 radical (unpaired) electrons. The van der Waals surface area contributed by atoms with Gasteiger partial charge in [0, 0.05) is 18.5 Å². The zero-order valence-electron chi connectivity index (χ0n) is 11.5. The van der Waals surface area contributed by atoms with E-state index in [9.17, 15) is 14.4 Å². The van der Waals surface area contributed by atoms with Crippen molar-refractivity contribution < 1.29 is 19.1 Å². The third-order valence-corrected chi connectivity index (χ3v) is 3.79. The van der Waals surface area contributed by atoms with Gasteiger partial charge in [0.25, 0.3) is 5.91 Å². The number of hydrogen-bond donors (Lipinski definition) is 2. The molecule has 0 saturated carbocycles. The van der Waals surface area contributed by atoms with Gasteiger partial charge in [0.1, 0.15) is 5.54 Å². The van der Waals surface area contributed by atoms with Crippen molar-refractivity contribution in [3.63, 3.8) is 0 Å². The Kier molecular flexibility index (Phi) is 3.04. The molecule has 1 aromatic carbocycles. The van der Waals surface area contributed by atoms with Crippen molar-refractivity contribution in [2.75, 3.05) is 18.1 Å². The van der Waals surface area contributed by atoms with Crippen molar-refractivity contribution >= 4 is 23.7 Å². The van der Waals surface area contributed by atoms with E-state index in [1.54, 1.807) is 31.2 Å². The first-order chi connectivity index (χ1) is 10.1. The number of carbonyl (C=O) groups is 3. The zero-order valence-corrected chi connectivity index (χ0v) is 11.5. The highest BCUT2D eigenvalue weighted by molar-refractivity contribution is 6.09. The lowest BCUT2D eigenvalue weighted by Gasteiger charge is -2.38. The van der Waals surface area contributed by atoms with Crippen LogP contribution >= 0.6 is 0 Å². The number of imide groups is 1. The van der Waals surface area contributed by atoms with Crippen LogP contribution in [0.5, 0.6) is 0 Å². The topological polar surface area (TPSA) is 87.7 Å². The predicted molar refractivity (Wildman–Crippen MR) is 73.8 cm³/mol. The molecule has 1 spiro atoms. The summed E-state index contributed by atoms with van der Waals surface area (Å²) in [6, 6.07) is 6.52. The molecule has 0 aliphatic carbocycles. The molecule has 21 heavy (non-hydrogen) atoms. The van der Waals surface area contributed by atoms with Crippen LogP contribution in [0.25, 0.3) is 0 Å². The lowest BCUT2D eigenvalue weighted by atomic mass is 9.82. The minimum Gasteiger partial charge on any atom is -0.449 e. The lowest BCUT2D eigenvalue weighted by molar-refractivity contribution is -0.124. The fraction of sp³-hybridized carbons (Fsp3) is 0.357. The largest absolute Gasteiger partial charge is 0.449 e. The number of anilines is 1. The highest BCUT2D eigenvalue weighted by atomic mass is 16.6. The van der Waals surface area contributed by atoms with E-state index in [0.717, 1.165) is 0 Å². The average Bonchev–Trinajstić information content (AvgIpc) is 2.75. The molecule has 1 aromatic rings. The number of hydrogen-bond acceptors (Lipinski definition) is 4. The fourth-order valence-electron chi connectivity index (χ4n) is 2.85. The van der Waals surface area contributed by atoms with Gasteiger partial charge in [0.15, 0.2) is 0 Å². The molecule has 2 aliphatic heterocycles. The van der Waals surface area contributed by atoms with Crippen LogP contribution in [0.1, 0.15) is 18.9 Å². The Morgan fingerprint density at radius 1 is 1.38 bits per heavy atom. The first-order valence-electron chi connectivity index (χ1n) is 6.76. The Hall–Kier alpha value is -2.57. The molecule has 2 heterocycles. The van der Waals surface area contributed by atoms with E-state index in [4.69, 9.17) is 4.74 Å². The Labute approximate surface area is 121 Å². The fourth-order valence-corrected chi connectivity index (χ4v) is 2.85. The normalized spacial score (nSPS) is 23.6. The molecule has 0 aromatic heterocycles. The van der Waals surface area contributed by atoms with E-state index in [1.807, 2.05) is 0 Å². The first kappa shape index (κ1) is 13.4. The van der Waals surface area contributed by atoms with Gasteiger partial charge in [-0.3, -0.25) is 15.0 Å². The summed E-state index contributed by atoms with van der Waals surface area (Å²) in [4.78, 5) is 37.2. The van der Waals surface area contributed by atoms with E-state index in [2.05, 4.69) is 10.6 Å². The number of rotatable bonds is 1. The summed E-state index contributed by atoms with van der Waals surface area (Å²) in [7, 11) is 0. The zero-order chi connectivity index (χ0) is 15.0. The molecular weight excluding hydrogens is 274 g/mol. The molecule has 2 aliphatic rings. The van der Waals surface area contributed by atoms with E-state index >= 15 is 0 Å². The SMILES string of the molecule is CCOC(=O)N1CCC2(NC(=O)NC2=O)c2ccccc21. The van der Waals surface area contributed by atoms with Gasteiger partial charge in [-0.1, -0.05) is 18.2 Å². The highest BCUT2D eigenvalue weighted by Crippen LogP contribution is 2.40. The van der Waals surface area contributed by atoms with Gasteiger partial charge in [-0.05, 0) is 13.0 Å². The van der Waals surface area contributed by atoms with Gasteiger partial charge in [-0.25, -0.2) is 9.59 Å². The Balaban J connectivity index is 2.06.